The van der Waals surface area contributed by atoms with Crippen molar-refractivity contribution in [1.29, 1.82) is 0 Å². The number of nitrogens with zero attached hydrogens (tertiary/aromatic N) is 1. The summed E-state index contributed by atoms with van der Waals surface area (Å²) in [5.74, 6) is 1.40. The lowest BCUT2D eigenvalue weighted by molar-refractivity contribution is 0.311. The predicted octanol–water partition coefficient (Wildman–Crippen LogP) is 2.97. The number of ether oxygens (including phenoxy) is 2. The molecule has 0 aliphatic carbocycles. The van der Waals surface area contributed by atoms with E-state index >= 15 is 0 Å². The third-order valence-electron chi connectivity index (χ3n) is 3.53. The number of hydrogen-bond acceptors (Lipinski definition) is 3. The van der Waals surface area contributed by atoms with Crippen LogP contribution in [0.2, 0.25) is 0 Å². The van der Waals surface area contributed by atoms with Crippen LogP contribution in [-0.2, 0) is 6.54 Å². The lowest BCUT2D eigenvalue weighted by atomic mass is 10.2. The van der Waals surface area contributed by atoms with E-state index < -0.39 is 0 Å². The molecule has 5 nitrogen and oxygen atoms in total. The molecule has 0 aromatic heterocycles. The Hall–Kier alpha value is -2.76. The molecule has 2 N–H and O–H groups in total. The van der Waals surface area contributed by atoms with Crippen LogP contribution in [0.3, 0.4) is 0 Å². The maximum Gasteiger partial charge on any atom is 0.191 e. The Morgan fingerprint density at radius 2 is 1.92 bits per heavy atom. The number of hydrogen-bond donors (Lipinski definition) is 2. The van der Waals surface area contributed by atoms with Gasteiger partial charge in [-0.15, -0.1) is 0 Å². The van der Waals surface area contributed by atoms with Gasteiger partial charge in [0.1, 0.15) is 5.75 Å². The lowest BCUT2D eigenvalue weighted by Gasteiger charge is -2.13. The fraction of sp³-hybridized carbons (Fsp3) is 0.316. The lowest BCUT2D eigenvalue weighted by Crippen LogP contribution is -2.37. The average molecular weight is 345 g/mol. The van der Waals surface area contributed by atoms with Gasteiger partial charge < -0.3 is 20.1 Å². The molecular weight excluding hydrogens is 321 g/mol. The smallest absolute Gasteiger partial charge is 0.191 e. The SMILES string of the molecule is CN=C(NCCCOc1ccccc1)NCc1ccc(OC)c(F)c1. The van der Waals surface area contributed by atoms with Crippen LogP contribution in [-0.4, -0.2) is 33.3 Å². The second-order valence-electron chi connectivity index (χ2n) is 5.34. The maximum absolute atomic E-state index is 13.7. The van der Waals surface area contributed by atoms with E-state index in [1.165, 1.54) is 13.2 Å². The van der Waals surface area contributed by atoms with E-state index in [1.54, 1.807) is 13.1 Å². The number of para-hydroxylation sites is 1. The Kier molecular flexibility index (Phi) is 7.56. The topological polar surface area (TPSA) is 54.9 Å². The van der Waals surface area contributed by atoms with E-state index in [9.17, 15) is 4.39 Å². The normalized spacial score (nSPS) is 11.1. The van der Waals surface area contributed by atoms with Gasteiger partial charge in [-0.1, -0.05) is 24.3 Å². The van der Waals surface area contributed by atoms with Gasteiger partial charge in [0.2, 0.25) is 0 Å². The van der Waals surface area contributed by atoms with Gasteiger partial charge in [0, 0.05) is 20.1 Å². The fourth-order valence-electron chi connectivity index (χ4n) is 2.21. The molecule has 0 saturated carbocycles. The third-order valence-corrected chi connectivity index (χ3v) is 3.53. The van der Waals surface area contributed by atoms with Crippen molar-refractivity contribution < 1.29 is 13.9 Å². The van der Waals surface area contributed by atoms with Crippen molar-refractivity contribution in [1.82, 2.24) is 10.6 Å². The fourth-order valence-corrected chi connectivity index (χ4v) is 2.21. The van der Waals surface area contributed by atoms with Gasteiger partial charge in [0.25, 0.3) is 0 Å². The average Bonchev–Trinajstić information content (AvgIpc) is 2.65. The van der Waals surface area contributed by atoms with Gasteiger partial charge in [-0.25, -0.2) is 4.39 Å². The van der Waals surface area contributed by atoms with E-state index in [1.807, 2.05) is 36.4 Å². The van der Waals surface area contributed by atoms with Crippen LogP contribution in [0.15, 0.2) is 53.5 Å². The molecule has 0 aliphatic rings. The first kappa shape index (κ1) is 18.6. The van der Waals surface area contributed by atoms with Crippen molar-refractivity contribution in [2.75, 3.05) is 27.3 Å². The molecule has 6 heteroatoms. The molecule has 25 heavy (non-hydrogen) atoms. The predicted molar refractivity (Wildman–Crippen MR) is 97.7 cm³/mol. The molecule has 134 valence electrons. The van der Waals surface area contributed by atoms with Crippen molar-refractivity contribution in [3.05, 3.63) is 59.9 Å². The zero-order valence-electron chi connectivity index (χ0n) is 14.6. The van der Waals surface area contributed by atoms with Crippen LogP contribution in [0.5, 0.6) is 11.5 Å². The van der Waals surface area contributed by atoms with Gasteiger partial charge in [-0.05, 0) is 36.2 Å². The van der Waals surface area contributed by atoms with Gasteiger partial charge in [0.05, 0.1) is 13.7 Å². The monoisotopic (exact) mass is 345 g/mol. The van der Waals surface area contributed by atoms with Gasteiger partial charge >= 0.3 is 0 Å². The summed E-state index contributed by atoms with van der Waals surface area (Å²) >= 11 is 0. The van der Waals surface area contributed by atoms with E-state index in [0.717, 1.165) is 24.3 Å². The zero-order chi connectivity index (χ0) is 17.9. The second-order valence-corrected chi connectivity index (χ2v) is 5.34. The second kappa shape index (κ2) is 10.2. The van der Waals surface area contributed by atoms with Crippen molar-refractivity contribution in [3.8, 4) is 11.5 Å². The Balaban J connectivity index is 1.67. The third kappa shape index (κ3) is 6.33. The molecule has 2 rings (SSSR count). The number of methoxy groups -OCH3 is 1. The highest BCUT2D eigenvalue weighted by molar-refractivity contribution is 5.79. The molecule has 0 atom stereocenters. The molecule has 0 heterocycles. The summed E-state index contributed by atoms with van der Waals surface area (Å²) in [4.78, 5) is 4.15. The molecule has 2 aromatic rings. The number of benzene rings is 2. The Labute approximate surface area is 147 Å². The highest BCUT2D eigenvalue weighted by Crippen LogP contribution is 2.17. The van der Waals surface area contributed by atoms with E-state index in [4.69, 9.17) is 9.47 Å². The summed E-state index contributed by atoms with van der Waals surface area (Å²) in [7, 11) is 3.15. The van der Waals surface area contributed by atoms with Gasteiger partial charge in [-0.3, -0.25) is 4.99 Å². The standard InChI is InChI=1S/C19H24FN3O2/c1-21-19(22-11-6-12-25-16-7-4-3-5-8-16)23-14-15-9-10-18(24-2)17(20)13-15/h3-5,7-10,13H,6,11-12,14H2,1-2H3,(H2,21,22,23). The first-order valence-corrected chi connectivity index (χ1v) is 8.17. The van der Waals surface area contributed by atoms with E-state index in [-0.39, 0.29) is 11.6 Å². The number of aliphatic imine (C=N–C) groups is 1. The van der Waals surface area contributed by atoms with Gasteiger partial charge in [0.15, 0.2) is 17.5 Å². The minimum absolute atomic E-state index is 0.240. The molecule has 0 radical (unpaired) electrons. The molecule has 0 aliphatic heterocycles. The van der Waals surface area contributed by atoms with Gasteiger partial charge in [-0.2, -0.15) is 0 Å². The molecule has 0 saturated heterocycles. The molecule has 0 amide bonds. The Morgan fingerprint density at radius 1 is 1.12 bits per heavy atom. The van der Waals surface area contributed by atoms with Crippen LogP contribution >= 0.6 is 0 Å². The quantitative estimate of drug-likeness (QED) is 0.439. The highest BCUT2D eigenvalue weighted by Gasteiger charge is 2.04. The van der Waals surface area contributed by atoms with E-state index in [0.29, 0.717) is 19.1 Å². The first-order valence-electron chi connectivity index (χ1n) is 8.17. The summed E-state index contributed by atoms with van der Waals surface area (Å²) in [5, 5.41) is 6.35. The first-order chi connectivity index (χ1) is 12.2. The number of guanidine groups is 1. The van der Waals surface area contributed by atoms with Crippen molar-refractivity contribution in [2.45, 2.75) is 13.0 Å². The number of nitrogens with one attached hydrogen (secondary N) is 2. The maximum atomic E-state index is 13.7. The minimum atomic E-state index is -0.372. The molecular formula is C19H24FN3O2. The summed E-state index contributed by atoms with van der Waals surface area (Å²) in [6.07, 6.45) is 0.840. The van der Waals surface area contributed by atoms with Crippen molar-refractivity contribution in [3.63, 3.8) is 0 Å². The molecule has 0 unspecified atom stereocenters. The summed E-state index contributed by atoms with van der Waals surface area (Å²) in [6.45, 7) is 1.82. The van der Waals surface area contributed by atoms with Crippen LogP contribution in [0.1, 0.15) is 12.0 Å². The van der Waals surface area contributed by atoms with Crippen LogP contribution in [0, 0.1) is 5.82 Å². The van der Waals surface area contributed by atoms with Crippen LogP contribution < -0.4 is 20.1 Å². The number of rotatable bonds is 8. The molecule has 2 aromatic carbocycles. The summed E-state index contributed by atoms with van der Waals surface area (Å²) in [5.41, 5.74) is 0.814. The largest absolute Gasteiger partial charge is 0.494 e. The summed E-state index contributed by atoms with van der Waals surface area (Å²) < 4.78 is 24.2. The van der Waals surface area contributed by atoms with Crippen LogP contribution in [0.25, 0.3) is 0 Å². The molecule has 0 fully saturated rings. The Morgan fingerprint density at radius 3 is 2.60 bits per heavy atom. The van der Waals surface area contributed by atoms with E-state index in [2.05, 4.69) is 15.6 Å². The van der Waals surface area contributed by atoms with Crippen molar-refractivity contribution in [2.24, 2.45) is 4.99 Å². The minimum Gasteiger partial charge on any atom is -0.494 e. The molecule has 0 spiro atoms. The number of halogens is 1. The zero-order valence-corrected chi connectivity index (χ0v) is 14.6. The van der Waals surface area contributed by atoms with Crippen LogP contribution in [0.4, 0.5) is 4.39 Å². The summed E-state index contributed by atoms with van der Waals surface area (Å²) in [6, 6.07) is 14.6. The van der Waals surface area contributed by atoms with Crippen molar-refractivity contribution >= 4 is 5.96 Å². The Bertz CT molecular complexity index is 678. The molecule has 0 bridgehead atoms. The highest BCUT2D eigenvalue weighted by atomic mass is 19.1.